The van der Waals surface area contributed by atoms with Gasteiger partial charge in [0.25, 0.3) is 0 Å². The lowest BCUT2D eigenvalue weighted by atomic mass is 10.2. The number of carbonyl (C=O) groups excluding carboxylic acids is 1. The second-order valence-corrected chi connectivity index (χ2v) is 5.13. The van der Waals surface area contributed by atoms with Gasteiger partial charge in [-0.05, 0) is 24.2 Å². The van der Waals surface area contributed by atoms with Gasteiger partial charge in [0.05, 0.1) is 0 Å². The third-order valence-electron chi connectivity index (χ3n) is 2.49. The van der Waals surface area contributed by atoms with Gasteiger partial charge in [0.15, 0.2) is 0 Å². The minimum Gasteiger partial charge on any atom is -0.369 e. The van der Waals surface area contributed by atoms with E-state index in [4.69, 9.17) is 5.73 Å². The molecule has 17 heavy (non-hydrogen) atoms. The van der Waals surface area contributed by atoms with Crippen LogP contribution in [-0.2, 0) is 11.3 Å². The zero-order valence-corrected chi connectivity index (χ0v) is 11.2. The van der Waals surface area contributed by atoms with E-state index in [2.05, 4.69) is 36.5 Å². The Hall–Kier alpha value is -1.00. The number of carbonyl (C=O) groups is 1. The maximum atomic E-state index is 10.9. The third kappa shape index (κ3) is 5.24. The Morgan fingerprint density at radius 2 is 2.06 bits per heavy atom. The van der Waals surface area contributed by atoms with Crippen molar-refractivity contribution in [1.29, 1.82) is 0 Å². The average molecular weight is 252 g/mol. The minimum absolute atomic E-state index is 0.0820. The molecule has 0 aliphatic carbocycles. The minimum atomic E-state index is -0.235. The maximum absolute atomic E-state index is 10.9. The molecule has 1 aromatic rings. The SMILES string of the molecule is CCNCc1ccc(SCC(C)C(N)=O)cc1. The summed E-state index contributed by atoms with van der Waals surface area (Å²) in [6.07, 6.45) is 0. The highest BCUT2D eigenvalue weighted by Gasteiger charge is 2.08. The standard InChI is InChI=1S/C13H20N2OS/c1-3-15-8-11-4-6-12(7-5-11)17-9-10(2)13(14)16/h4-7,10,15H,3,8-9H2,1-2H3,(H2,14,16). The Labute approximate surface area is 107 Å². The van der Waals surface area contributed by atoms with E-state index in [1.54, 1.807) is 11.8 Å². The topological polar surface area (TPSA) is 55.1 Å². The summed E-state index contributed by atoms with van der Waals surface area (Å²) in [7, 11) is 0. The van der Waals surface area contributed by atoms with Crippen LogP contribution >= 0.6 is 11.8 Å². The first kappa shape index (κ1) is 14.1. The quantitative estimate of drug-likeness (QED) is 0.730. The zero-order valence-electron chi connectivity index (χ0n) is 10.4. The summed E-state index contributed by atoms with van der Waals surface area (Å²) in [6.45, 7) is 5.83. The lowest BCUT2D eigenvalue weighted by Crippen LogP contribution is -2.22. The molecule has 4 heteroatoms. The van der Waals surface area contributed by atoms with Crippen LogP contribution in [0.15, 0.2) is 29.2 Å². The zero-order chi connectivity index (χ0) is 12.7. The van der Waals surface area contributed by atoms with E-state index in [1.807, 2.05) is 6.92 Å². The summed E-state index contributed by atoms with van der Waals surface area (Å²) < 4.78 is 0. The molecule has 0 saturated heterocycles. The summed E-state index contributed by atoms with van der Waals surface area (Å²) in [6, 6.07) is 8.40. The molecule has 0 heterocycles. The molecule has 0 fully saturated rings. The Morgan fingerprint density at radius 3 is 2.59 bits per heavy atom. The molecule has 0 aliphatic rings. The van der Waals surface area contributed by atoms with Crippen LogP contribution in [0.25, 0.3) is 0 Å². The third-order valence-corrected chi connectivity index (χ3v) is 3.76. The van der Waals surface area contributed by atoms with Gasteiger partial charge in [-0.3, -0.25) is 4.79 Å². The molecule has 0 aromatic heterocycles. The van der Waals surface area contributed by atoms with Gasteiger partial charge < -0.3 is 11.1 Å². The number of nitrogens with one attached hydrogen (secondary N) is 1. The molecule has 3 N–H and O–H groups in total. The Balaban J connectivity index is 2.42. The van der Waals surface area contributed by atoms with Crippen molar-refractivity contribution in [3.63, 3.8) is 0 Å². The van der Waals surface area contributed by atoms with Crippen LogP contribution in [0.4, 0.5) is 0 Å². The number of primary amides is 1. The van der Waals surface area contributed by atoms with Crippen LogP contribution in [0.1, 0.15) is 19.4 Å². The molecule has 1 aromatic carbocycles. The number of benzene rings is 1. The fourth-order valence-corrected chi connectivity index (χ4v) is 2.21. The van der Waals surface area contributed by atoms with Gasteiger partial charge in [-0.25, -0.2) is 0 Å². The van der Waals surface area contributed by atoms with Crippen molar-refractivity contribution >= 4 is 17.7 Å². The Morgan fingerprint density at radius 1 is 1.41 bits per heavy atom. The monoisotopic (exact) mass is 252 g/mol. The summed E-state index contributed by atoms with van der Waals surface area (Å²) in [4.78, 5) is 12.1. The van der Waals surface area contributed by atoms with Crippen molar-refractivity contribution in [1.82, 2.24) is 5.32 Å². The number of amides is 1. The van der Waals surface area contributed by atoms with Crippen molar-refractivity contribution in [3.05, 3.63) is 29.8 Å². The van der Waals surface area contributed by atoms with Crippen molar-refractivity contribution < 1.29 is 4.79 Å². The van der Waals surface area contributed by atoms with Crippen molar-refractivity contribution in [2.24, 2.45) is 11.7 Å². The highest BCUT2D eigenvalue weighted by Crippen LogP contribution is 2.21. The second-order valence-electron chi connectivity index (χ2n) is 4.04. The van der Waals surface area contributed by atoms with Gasteiger partial charge in [0.2, 0.25) is 5.91 Å². The normalized spacial score (nSPS) is 12.4. The molecular weight excluding hydrogens is 232 g/mol. The molecule has 0 saturated carbocycles. The van der Waals surface area contributed by atoms with Crippen LogP contribution in [0, 0.1) is 5.92 Å². The number of hydrogen-bond donors (Lipinski definition) is 2. The van der Waals surface area contributed by atoms with Crippen LogP contribution in [-0.4, -0.2) is 18.2 Å². The number of rotatable bonds is 7. The largest absolute Gasteiger partial charge is 0.369 e. The molecule has 1 unspecified atom stereocenters. The Kier molecular flexibility index (Phi) is 6.08. The molecule has 3 nitrogen and oxygen atoms in total. The van der Waals surface area contributed by atoms with E-state index < -0.39 is 0 Å². The van der Waals surface area contributed by atoms with Crippen molar-refractivity contribution in [2.45, 2.75) is 25.3 Å². The smallest absolute Gasteiger partial charge is 0.221 e. The van der Waals surface area contributed by atoms with Gasteiger partial charge in [-0.1, -0.05) is 26.0 Å². The average Bonchev–Trinajstić information content (AvgIpc) is 2.34. The van der Waals surface area contributed by atoms with Gasteiger partial charge >= 0.3 is 0 Å². The molecule has 94 valence electrons. The van der Waals surface area contributed by atoms with E-state index in [9.17, 15) is 4.79 Å². The number of thioether (sulfide) groups is 1. The molecule has 0 radical (unpaired) electrons. The molecule has 1 atom stereocenters. The maximum Gasteiger partial charge on any atom is 0.221 e. The fraction of sp³-hybridized carbons (Fsp3) is 0.462. The summed E-state index contributed by atoms with van der Waals surface area (Å²) in [5, 5.41) is 3.28. The van der Waals surface area contributed by atoms with Gasteiger partial charge in [0.1, 0.15) is 0 Å². The van der Waals surface area contributed by atoms with E-state index in [-0.39, 0.29) is 11.8 Å². The summed E-state index contributed by atoms with van der Waals surface area (Å²) in [5.74, 6) is 0.421. The molecule has 1 rings (SSSR count). The van der Waals surface area contributed by atoms with Gasteiger partial charge in [0, 0.05) is 23.1 Å². The van der Waals surface area contributed by atoms with Gasteiger partial charge in [-0.15, -0.1) is 11.8 Å². The van der Waals surface area contributed by atoms with Gasteiger partial charge in [-0.2, -0.15) is 0 Å². The number of nitrogens with two attached hydrogens (primary N) is 1. The summed E-state index contributed by atoms with van der Waals surface area (Å²) >= 11 is 1.67. The molecule has 0 bridgehead atoms. The predicted octanol–water partition coefficient (Wildman–Crippen LogP) is 2.01. The summed E-state index contributed by atoms with van der Waals surface area (Å²) in [5.41, 5.74) is 6.50. The Bertz CT molecular complexity index is 351. The molecular formula is C13H20N2OS. The van der Waals surface area contributed by atoms with Crippen LogP contribution in [0.2, 0.25) is 0 Å². The first-order valence-electron chi connectivity index (χ1n) is 5.85. The highest BCUT2D eigenvalue weighted by molar-refractivity contribution is 7.99. The van der Waals surface area contributed by atoms with Crippen LogP contribution in [0.5, 0.6) is 0 Å². The van der Waals surface area contributed by atoms with Crippen LogP contribution < -0.4 is 11.1 Å². The lowest BCUT2D eigenvalue weighted by molar-refractivity contribution is -0.120. The van der Waals surface area contributed by atoms with E-state index in [0.29, 0.717) is 0 Å². The second kappa shape index (κ2) is 7.35. The fourth-order valence-electron chi connectivity index (χ4n) is 1.28. The number of hydrogen-bond acceptors (Lipinski definition) is 3. The predicted molar refractivity (Wildman–Crippen MR) is 72.9 cm³/mol. The first-order chi connectivity index (χ1) is 8.13. The highest BCUT2D eigenvalue weighted by atomic mass is 32.2. The van der Waals surface area contributed by atoms with E-state index >= 15 is 0 Å². The molecule has 0 spiro atoms. The lowest BCUT2D eigenvalue weighted by Gasteiger charge is -2.07. The van der Waals surface area contributed by atoms with Crippen LogP contribution in [0.3, 0.4) is 0 Å². The first-order valence-corrected chi connectivity index (χ1v) is 6.83. The molecule has 0 aliphatic heterocycles. The van der Waals surface area contributed by atoms with E-state index in [0.717, 1.165) is 18.8 Å². The van der Waals surface area contributed by atoms with Crippen molar-refractivity contribution in [3.8, 4) is 0 Å². The van der Waals surface area contributed by atoms with E-state index in [1.165, 1.54) is 10.5 Å². The van der Waals surface area contributed by atoms with Crippen molar-refractivity contribution in [2.75, 3.05) is 12.3 Å². The molecule has 1 amide bonds.